The lowest BCUT2D eigenvalue weighted by atomic mass is 9.92. The lowest BCUT2D eigenvalue weighted by molar-refractivity contribution is 1.47. The zero-order valence-corrected chi connectivity index (χ0v) is 16.2. The second-order valence-corrected chi connectivity index (χ2v) is 6.72. The molecule has 5 rings (SSSR count). The first-order valence-corrected chi connectivity index (χ1v) is 9.71. The Kier molecular flexibility index (Phi) is 4.64. The average molecular weight is 348 g/mol. The fourth-order valence-corrected chi connectivity index (χ4v) is 3.83. The third-order valence-corrected chi connectivity index (χ3v) is 5.13. The van der Waals surface area contributed by atoms with Gasteiger partial charge < -0.3 is 0 Å². The van der Waals surface area contributed by atoms with Crippen LogP contribution in [0.5, 0.6) is 0 Å². The third-order valence-electron chi connectivity index (χ3n) is 5.13. The molecule has 27 heavy (non-hydrogen) atoms. The van der Waals surface area contributed by atoms with E-state index in [9.17, 15) is 0 Å². The lowest BCUT2D eigenvalue weighted by Crippen LogP contribution is -1.85. The molecular weight excluding hydrogens is 324 g/mol. The summed E-state index contributed by atoms with van der Waals surface area (Å²) in [6.07, 6.45) is 0. The Morgan fingerprint density at radius 3 is 1.33 bits per heavy atom. The summed E-state index contributed by atoms with van der Waals surface area (Å²) in [6, 6.07) is 33.1. The maximum atomic E-state index is 2.34. The number of benzene rings is 5. The van der Waals surface area contributed by atoms with Crippen LogP contribution in [0.3, 0.4) is 0 Å². The number of hydrogen-bond acceptors (Lipinski definition) is 0. The van der Waals surface area contributed by atoms with E-state index in [1.807, 2.05) is 13.8 Å². The average Bonchev–Trinajstić information content (AvgIpc) is 2.75. The molecule has 0 aromatic heterocycles. The summed E-state index contributed by atoms with van der Waals surface area (Å²) in [5, 5.41) is 7.95. The molecule has 0 aliphatic carbocycles. The molecule has 0 spiro atoms. The molecule has 0 unspecified atom stereocenters. The molecule has 0 aliphatic rings. The van der Waals surface area contributed by atoms with E-state index in [0.717, 1.165) is 0 Å². The number of aryl methyl sites for hydroxylation is 1. The Labute approximate surface area is 161 Å². The molecule has 0 saturated carbocycles. The zero-order valence-electron chi connectivity index (χ0n) is 16.2. The Morgan fingerprint density at radius 2 is 0.815 bits per heavy atom. The summed E-state index contributed by atoms with van der Waals surface area (Å²) in [5.74, 6) is 0. The first-order valence-electron chi connectivity index (χ1n) is 9.71. The lowest BCUT2D eigenvalue weighted by Gasteiger charge is -2.12. The van der Waals surface area contributed by atoms with Gasteiger partial charge in [0.25, 0.3) is 0 Å². The van der Waals surface area contributed by atoms with E-state index >= 15 is 0 Å². The van der Waals surface area contributed by atoms with Crippen LogP contribution in [0, 0.1) is 6.92 Å². The molecule has 0 radical (unpaired) electrons. The van der Waals surface area contributed by atoms with Crippen LogP contribution in [-0.4, -0.2) is 0 Å². The Bertz CT molecular complexity index is 1190. The minimum atomic E-state index is 1.27. The van der Waals surface area contributed by atoms with Gasteiger partial charge in [-0.2, -0.15) is 0 Å². The Balaban J connectivity index is 0.000000872. The first-order chi connectivity index (χ1) is 13.3. The fourth-order valence-electron chi connectivity index (χ4n) is 3.83. The van der Waals surface area contributed by atoms with Crippen molar-refractivity contribution < 1.29 is 0 Å². The standard InChI is InChI=1S/C25H18.C2H6/c1-17-10-12-18(13-11-17)19-14-15-24-22-8-3-2-6-20(22)21-7-4-5-9-23(21)25(24)16-19;1-2/h2-16H,1H3;1-2H3. The topological polar surface area (TPSA) is 0 Å². The van der Waals surface area contributed by atoms with Crippen LogP contribution in [0.15, 0.2) is 91.0 Å². The molecule has 0 nitrogen and oxygen atoms in total. The summed E-state index contributed by atoms with van der Waals surface area (Å²) in [5.41, 5.74) is 3.83. The van der Waals surface area contributed by atoms with E-state index in [1.54, 1.807) is 0 Å². The largest absolute Gasteiger partial charge is 0.0683 e. The van der Waals surface area contributed by atoms with Crippen molar-refractivity contribution in [3.8, 4) is 11.1 Å². The molecule has 132 valence electrons. The highest BCUT2D eigenvalue weighted by molar-refractivity contribution is 6.25. The van der Waals surface area contributed by atoms with E-state index in [1.165, 1.54) is 49.0 Å². The predicted molar refractivity (Wildman–Crippen MR) is 120 cm³/mol. The number of rotatable bonds is 1. The van der Waals surface area contributed by atoms with Crippen molar-refractivity contribution in [3.63, 3.8) is 0 Å². The summed E-state index contributed by atoms with van der Waals surface area (Å²) >= 11 is 0. The van der Waals surface area contributed by atoms with Gasteiger partial charge in [0.15, 0.2) is 0 Å². The summed E-state index contributed by atoms with van der Waals surface area (Å²) in [4.78, 5) is 0. The second-order valence-electron chi connectivity index (χ2n) is 6.72. The molecule has 5 aromatic carbocycles. The quantitative estimate of drug-likeness (QED) is 0.268. The molecule has 0 atom stereocenters. The molecule has 0 heteroatoms. The Hall–Kier alpha value is -3.12. The zero-order chi connectivity index (χ0) is 18.8. The smallest absolute Gasteiger partial charge is 0.00928 e. The van der Waals surface area contributed by atoms with Crippen molar-refractivity contribution in [2.75, 3.05) is 0 Å². The monoisotopic (exact) mass is 348 g/mol. The van der Waals surface area contributed by atoms with Crippen LogP contribution in [0.2, 0.25) is 0 Å². The van der Waals surface area contributed by atoms with Crippen molar-refractivity contribution in [1.29, 1.82) is 0 Å². The van der Waals surface area contributed by atoms with Gasteiger partial charge in [-0.1, -0.05) is 104 Å². The number of fused-ring (bicyclic) bond motifs is 6. The molecule has 0 N–H and O–H groups in total. The molecule has 0 fully saturated rings. The van der Waals surface area contributed by atoms with Crippen molar-refractivity contribution >= 4 is 32.3 Å². The van der Waals surface area contributed by atoms with Crippen LogP contribution in [-0.2, 0) is 0 Å². The van der Waals surface area contributed by atoms with Crippen molar-refractivity contribution in [1.82, 2.24) is 0 Å². The van der Waals surface area contributed by atoms with Crippen LogP contribution >= 0.6 is 0 Å². The molecule has 0 amide bonds. The SMILES string of the molecule is CC.Cc1ccc(-c2ccc3c4ccccc4c4ccccc4c3c2)cc1. The maximum Gasteiger partial charge on any atom is -0.00928 e. The summed E-state index contributed by atoms with van der Waals surface area (Å²) in [6.45, 7) is 6.13. The van der Waals surface area contributed by atoms with Crippen molar-refractivity contribution in [2.24, 2.45) is 0 Å². The molecular formula is C27H24. The molecule has 0 heterocycles. The van der Waals surface area contributed by atoms with Gasteiger partial charge in [0.2, 0.25) is 0 Å². The van der Waals surface area contributed by atoms with Crippen molar-refractivity contribution in [3.05, 3.63) is 96.6 Å². The second kappa shape index (κ2) is 7.25. The Morgan fingerprint density at radius 1 is 0.407 bits per heavy atom. The van der Waals surface area contributed by atoms with E-state index in [-0.39, 0.29) is 0 Å². The van der Waals surface area contributed by atoms with Crippen LogP contribution in [0.1, 0.15) is 19.4 Å². The first kappa shape index (κ1) is 17.3. The fraction of sp³-hybridized carbons (Fsp3) is 0.111. The van der Waals surface area contributed by atoms with Gasteiger partial charge in [-0.05, 0) is 56.4 Å². The summed E-state index contributed by atoms with van der Waals surface area (Å²) in [7, 11) is 0. The predicted octanol–water partition coefficient (Wildman–Crippen LogP) is 8.15. The molecule has 0 bridgehead atoms. The van der Waals surface area contributed by atoms with Crippen LogP contribution in [0.25, 0.3) is 43.4 Å². The minimum Gasteiger partial charge on any atom is -0.0683 e. The highest BCUT2D eigenvalue weighted by atomic mass is 14.1. The van der Waals surface area contributed by atoms with Gasteiger partial charge in [0.1, 0.15) is 0 Å². The van der Waals surface area contributed by atoms with E-state index < -0.39 is 0 Å². The van der Waals surface area contributed by atoms with Crippen LogP contribution in [0.4, 0.5) is 0 Å². The highest BCUT2D eigenvalue weighted by Gasteiger charge is 2.09. The van der Waals surface area contributed by atoms with Gasteiger partial charge in [-0.3, -0.25) is 0 Å². The molecule has 5 aromatic rings. The van der Waals surface area contributed by atoms with Gasteiger partial charge in [0.05, 0.1) is 0 Å². The van der Waals surface area contributed by atoms with E-state index in [2.05, 4.69) is 97.9 Å². The minimum absolute atomic E-state index is 1.27. The van der Waals surface area contributed by atoms with Gasteiger partial charge >= 0.3 is 0 Å². The van der Waals surface area contributed by atoms with Crippen molar-refractivity contribution in [2.45, 2.75) is 20.8 Å². The normalized spacial score (nSPS) is 10.8. The third kappa shape index (κ3) is 2.98. The maximum absolute atomic E-state index is 2.34. The van der Waals surface area contributed by atoms with Gasteiger partial charge in [-0.25, -0.2) is 0 Å². The van der Waals surface area contributed by atoms with Crippen LogP contribution < -0.4 is 0 Å². The molecule has 0 saturated heterocycles. The summed E-state index contributed by atoms with van der Waals surface area (Å²) < 4.78 is 0. The van der Waals surface area contributed by atoms with Gasteiger partial charge in [-0.15, -0.1) is 0 Å². The number of hydrogen-bond donors (Lipinski definition) is 0. The van der Waals surface area contributed by atoms with Gasteiger partial charge in [0, 0.05) is 0 Å². The molecule has 0 aliphatic heterocycles. The van der Waals surface area contributed by atoms with E-state index in [4.69, 9.17) is 0 Å². The van der Waals surface area contributed by atoms with E-state index in [0.29, 0.717) is 0 Å². The highest BCUT2D eigenvalue weighted by Crippen LogP contribution is 2.36.